The minimum atomic E-state index is -0.279. The predicted octanol–water partition coefficient (Wildman–Crippen LogP) is 2.07. The molecular weight excluding hydrogens is 228 g/mol. The molecule has 0 aliphatic heterocycles. The summed E-state index contributed by atoms with van der Waals surface area (Å²) in [5, 5.41) is 0. The largest absolute Gasteiger partial charge is 0.324 e. The maximum atomic E-state index is 11.7. The second kappa shape index (κ2) is 6.52. The van der Waals surface area contributed by atoms with Gasteiger partial charge in [0.25, 0.3) is 0 Å². The van der Waals surface area contributed by atoms with Gasteiger partial charge in [-0.05, 0) is 18.4 Å². The van der Waals surface area contributed by atoms with Gasteiger partial charge in [-0.2, -0.15) is 0 Å². The smallest absolute Gasteiger partial charge is 0.245 e. The van der Waals surface area contributed by atoms with Crippen molar-refractivity contribution in [3.05, 3.63) is 35.9 Å². The predicted molar refractivity (Wildman–Crippen MR) is 69.5 cm³/mol. The van der Waals surface area contributed by atoms with Crippen LogP contribution in [0.3, 0.4) is 0 Å². The SMILES string of the molecule is NC(CC(=O)NOC1CCCC1)c1ccccc1. The average Bonchev–Trinajstić information content (AvgIpc) is 2.90. The van der Waals surface area contributed by atoms with E-state index in [1.165, 1.54) is 12.8 Å². The zero-order valence-electron chi connectivity index (χ0n) is 10.5. The summed E-state index contributed by atoms with van der Waals surface area (Å²) in [5.41, 5.74) is 9.44. The summed E-state index contributed by atoms with van der Waals surface area (Å²) in [6, 6.07) is 9.34. The lowest BCUT2D eigenvalue weighted by molar-refractivity contribution is -0.138. The maximum Gasteiger partial charge on any atom is 0.245 e. The Labute approximate surface area is 107 Å². The van der Waals surface area contributed by atoms with Crippen LogP contribution in [-0.2, 0) is 9.63 Å². The molecule has 4 heteroatoms. The van der Waals surface area contributed by atoms with E-state index in [1.54, 1.807) is 0 Å². The molecule has 4 nitrogen and oxygen atoms in total. The lowest BCUT2D eigenvalue weighted by atomic mass is 10.1. The zero-order chi connectivity index (χ0) is 12.8. The third kappa shape index (κ3) is 3.82. The van der Waals surface area contributed by atoms with Crippen LogP contribution in [0.4, 0.5) is 0 Å². The van der Waals surface area contributed by atoms with Crippen molar-refractivity contribution in [3.8, 4) is 0 Å². The van der Waals surface area contributed by atoms with Crippen LogP contribution in [0, 0.1) is 0 Å². The first-order chi connectivity index (χ1) is 8.75. The van der Waals surface area contributed by atoms with Crippen molar-refractivity contribution >= 4 is 5.91 Å². The van der Waals surface area contributed by atoms with E-state index in [2.05, 4.69) is 5.48 Å². The second-order valence-corrected chi connectivity index (χ2v) is 4.77. The first-order valence-electron chi connectivity index (χ1n) is 6.50. The van der Waals surface area contributed by atoms with Gasteiger partial charge in [-0.3, -0.25) is 9.63 Å². The first kappa shape index (κ1) is 13.1. The summed E-state index contributed by atoms with van der Waals surface area (Å²) in [4.78, 5) is 17.0. The Kier molecular flexibility index (Phi) is 4.73. The van der Waals surface area contributed by atoms with Crippen molar-refractivity contribution in [3.63, 3.8) is 0 Å². The highest BCUT2D eigenvalue weighted by Gasteiger charge is 2.18. The molecule has 1 aromatic rings. The Morgan fingerprint density at radius 1 is 1.33 bits per heavy atom. The van der Waals surface area contributed by atoms with Crippen LogP contribution in [0.15, 0.2) is 30.3 Å². The highest BCUT2D eigenvalue weighted by molar-refractivity contribution is 5.75. The highest BCUT2D eigenvalue weighted by atomic mass is 16.7. The van der Waals surface area contributed by atoms with E-state index >= 15 is 0 Å². The fourth-order valence-corrected chi connectivity index (χ4v) is 2.21. The number of hydrogen-bond donors (Lipinski definition) is 2. The molecular formula is C14H20N2O2. The molecule has 1 atom stereocenters. The van der Waals surface area contributed by atoms with Crippen molar-refractivity contribution in [1.29, 1.82) is 0 Å². The van der Waals surface area contributed by atoms with Crippen LogP contribution in [-0.4, -0.2) is 12.0 Å². The van der Waals surface area contributed by atoms with E-state index in [0.29, 0.717) is 0 Å². The molecule has 2 rings (SSSR count). The molecule has 0 aromatic heterocycles. The van der Waals surface area contributed by atoms with Crippen molar-refractivity contribution in [2.24, 2.45) is 5.73 Å². The van der Waals surface area contributed by atoms with Gasteiger partial charge in [-0.25, -0.2) is 5.48 Å². The molecule has 1 aromatic carbocycles. The number of benzene rings is 1. The van der Waals surface area contributed by atoms with Gasteiger partial charge in [0.15, 0.2) is 0 Å². The normalized spacial score (nSPS) is 17.6. The summed E-state index contributed by atoms with van der Waals surface area (Å²) >= 11 is 0. The van der Waals surface area contributed by atoms with Gasteiger partial charge in [0.05, 0.1) is 6.10 Å². The molecule has 3 N–H and O–H groups in total. The molecule has 1 amide bonds. The summed E-state index contributed by atoms with van der Waals surface area (Å²) in [5.74, 6) is -0.154. The molecule has 0 bridgehead atoms. The number of hydrogen-bond acceptors (Lipinski definition) is 3. The molecule has 98 valence electrons. The molecule has 1 unspecified atom stereocenters. The number of nitrogens with one attached hydrogen (secondary N) is 1. The monoisotopic (exact) mass is 248 g/mol. The zero-order valence-corrected chi connectivity index (χ0v) is 10.5. The lowest BCUT2D eigenvalue weighted by Crippen LogP contribution is -2.30. The number of carbonyl (C=O) groups is 1. The fourth-order valence-electron chi connectivity index (χ4n) is 2.21. The van der Waals surface area contributed by atoms with Gasteiger partial charge < -0.3 is 5.73 Å². The van der Waals surface area contributed by atoms with E-state index in [-0.39, 0.29) is 24.5 Å². The Morgan fingerprint density at radius 3 is 2.67 bits per heavy atom. The van der Waals surface area contributed by atoms with Crippen LogP contribution in [0.1, 0.15) is 43.7 Å². The van der Waals surface area contributed by atoms with Crippen molar-refractivity contribution in [1.82, 2.24) is 5.48 Å². The molecule has 0 heterocycles. The van der Waals surface area contributed by atoms with Crippen LogP contribution in [0.25, 0.3) is 0 Å². The standard InChI is InChI=1S/C14H20N2O2/c15-13(11-6-2-1-3-7-11)10-14(17)16-18-12-8-4-5-9-12/h1-3,6-7,12-13H,4-5,8-10,15H2,(H,16,17). The number of nitrogens with two attached hydrogens (primary N) is 1. The van der Waals surface area contributed by atoms with E-state index in [4.69, 9.17) is 10.6 Å². The molecule has 1 aliphatic rings. The van der Waals surface area contributed by atoms with Crippen LogP contribution < -0.4 is 11.2 Å². The topological polar surface area (TPSA) is 64.4 Å². The van der Waals surface area contributed by atoms with Gasteiger partial charge >= 0.3 is 0 Å². The van der Waals surface area contributed by atoms with Gasteiger partial charge in [0, 0.05) is 12.5 Å². The van der Waals surface area contributed by atoms with E-state index in [9.17, 15) is 4.79 Å². The minimum absolute atomic E-state index is 0.154. The molecule has 1 fully saturated rings. The van der Waals surface area contributed by atoms with Crippen LogP contribution in [0.5, 0.6) is 0 Å². The molecule has 0 spiro atoms. The molecule has 18 heavy (non-hydrogen) atoms. The summed E-state index contributed by atoms with van der Waals surface area (Å²) in [7, 11) is 0. The Hall–Kier alpha value is -1.39. The number of hydroxylamine groups is 1. The molecule has 0 saturated heterocycles. The first-order valence-corrected chi connectivity index (χ1v) is 6.50. The third-order valence-electron chi connectivity index (χ3n) is 3.27. The Balaban J connectivity index is 1.73. The lowest BCUT2D eigenvalue weighted by Gasteiger charge is -2.14. The van der Waals surface area contributed by atoms with Crippen molar-refractivity contribution in [2.75, 3.05) is 0 Å². The number of carbonyl (C=O) groups excluding carboxylic acids is 1. The average molecular weight is 248 g/mol. The van der Waals surface area contributed by atoms with Gasteiger partial charge in [-0.15, -0.1) is 0 Å². The summed E-state index contributed by atoms with van der Waals surface area (Å²) in [6.45, 7) is 0. The summed E-state index contributed by atoms with van der Waals surface area (Å²) in [6.07, 6.45) is 4.86. The van der Waals surface area contributed by atoms with E-state index < -0.39 is 0 Å². The van der Waals surface area contributed by atoms with Crippen molar-refractivity contribution in [2.45, 2.75) is 44.2 Å². The van der Waals surface area contributed by atoms with Crippen LogP contribution in [0.2, 0.25) is 0 Å². The maximum absolute atomic E-state index is 11.7. The minimum Gasteiger partial charge on any atom is -0.324 e. The summed E-state index contributed by atoms with van der Waals surface area (Å²) < 4.78 is 0. The number of amides is 1. The van der Waals surface area contributed by atoms with Crippen LogP contribution >= 0.6 is 0 Å². The van der Waals surface area contributed by atoms with Gasteiger partial charge in [-0.1, -0.05) is 43.2 Å². The van der Waals surface area contributed by atoms with Crippen molar-refractivity contribution < 1.29 is 9.63 Å². The quantitative estimate of drug-likeness (QED) is 0.784. The van der Waals surface area contributed by atoms with E-state index in [1.807, 2.05) is 30.3 Å². The highest BCUT2D eigenvalue weighted by Crippen LogP contribution is 2.20. The molecule has 0 radical (unpaired) electrons. The van der Waals surface area contributed by atoms with Gasteiger partial charge in [0.1, 0.15) is 0 Å². The van der Waals surface area contributed by atoms with Gasteiger partial charge in [0.2, 0.25) is 5.91 Å². The fraction of sp³-hybridized carbons (Fsp3) is 0.500. The molecule has 1 saturated carbocycles. The third-order valence-corrected chi connectivity index (χ3v) is 3.27. The molecule has 1 aliphatic carbocycles. The Morgan fingerprint density at radius 2 is 2.00 bits per heavy atom. The second-order valence-electron chi connectivity index (χ2n) is 4.77. The Bertz CT molecular complexity index is 375. The van der Waals surface area contributed by atoms with E-state index in [0.717, 1.165) is 18.4 Å². The number of rotatable bonds is 5.